The van der Waals surface area contributed by atoms with E-state index in [-0.39, 0.29) is 11.9 Å². The molecule has 9 heteroatoms. The summed E-state index contributed by atoms with van der Waals surface area (Å²) in [7, 11) is 0. The minimum atomic E-state index is -0.502. The lowest BCUT2D eigenvalue weighted by molar-refractivity contribution is 0.0186. The lowest BCUT2D eigenvalue weighted by atomic mass is 10.2. The SMILES string of the molecule is CC(C)(C)OC(=O)N1CCN(C(N)=NCCc2ccn(-c3ccc(F)cc3)n2)CC1. The van der Waals surface area contributed by atoms with Crippen molar-refractivity contribution in [3.8, 4) is 5.69 Å². The van der Waals surface area contributed by atoms with Crippen LogP contribution in [0.3, 0.4) is 0 Å². The highest BCUT2D eigenvalue weighted by Gasteiger charge is 2.26. The van der Waals surface area contributed by atoms with Crippen molar-refractivity contribution in [1.82, 2.24) is 19.6 Å². The standard InChI is InChI=1S/C21H29FN6O2/c1-21(2,3)30-20(29)27-14-12-26(13-15-27)19(23)24-10-8-17-9-11-28(25-17)18-6-4-16(22)5-7-18/h4-7,9,11H,8,10,12-15H2,1-3H3,(H2,23,24). The second-order valence-electron chi connectivity index (χ2n) is 8.17. The number of hydrogen-bond donors (Lipinski definition) is 1. The van der Waals surface area contributed by atoms with Crippen LogP contribution in [0, 0.1) is 5.82 Å². The first-order chi connectivity index (χ1) is 14.2. The molecule has 2 aromatic rings. The van der Waals surface area contributed by atoms with Crippen LogP contribution >= 0.6 is 0 Å². The second-order valence-corrected chi connectivity index (χ2v) is 8.17. The van der Waals surface area contributed by atoms with E-state index in [1.807, 2.05) is 37.9 Å². The topological polar surface area (TPSA) is 89.0 Å². The lowest BCUT2D eigenvalue weighted by Gasteiger charge is -2.36. The fourth-order valence-corrected chi connectivity index (χ4v) is 3.06. The molecular weight excluding hydrogens is 387 g/mol. The van der Waals surface area contributed by atoms with E-state index in [1.165, 1.54) is 12.1 Å². The number of carbonyl (C=O) groups excluding carboxylic acids is 1. The van der Waals surface area contributed by atoms with Crippen molar-refractivity contribution < 1.29 is 13.9 Å². The lowest BCUT2D eigenvalue weighted by Crippen LogP contribution is -2.53. The number of aliphatic imine (C=N–C) groups is 1. The zero-order chi connectivity index (χ0) is 21.7. The first-order valence-corrected chi connectivity index (χ1v) is 10.0. The number of halogens is 1. The summed E-state index contributed by atoms with van der Waals surface area (Å²) in [6.07, 6.45) is 2.19. The van der Waals surface area contributed by atoms with Crippen LogP contribution in [-0.2, 0) is 11.2 Å². The van der Waals surface area contributed by atoms with Gasteiger partial charge in [-0.2, -0.15) is 5.10 Å². The maximum Gasteiger partial charge on any atom is 0.410 e. The van der Waals surface area contributed by atoms with Gasteiger partial charge >= 0.3 is 6.09 Å². The number of nitrogens with two attached hydrogens (primary N) is 1. The third kappa shape index (κ3) is 5.95. The summed E-state index contributed by atoms with van der Waals surface area (Å²) in [5.41, 5.74) is 7.30. The van der Waals surface area contributed by atoms with Gasteiger partial charge in [0.1, 0.15) is 11.4 Å². The molecule has 2 heterocycles. The van der Waals surface area contributed by atoms with Crippen LogP contribution in [0.5, 0.6) is 0 Å². The van der Waals surface area contributed by atoms with Gasteiger partial charge in [-0.05, 0) is 51.1 Å². The van der Waals surface area contributed by atoms with Gasteiger partial charge in [-0.1, -0.05) is 0 Å². The van der Waals surface area contributed by atoms with Crippen LogP contribution in [0.2, 0.25) is 0 Å². The Hall–Kier alpha value is -3.10. The van der Waals surface area contributed by atoms with Crippen molar-refractivity contribution >= 4 is 12.1 Å². The molecule has 1 amide bonds. The molecule has 0 spiro atoms. The average molecular weight is 417 g/mol. The number of piperazine rings is 1. The van der Waals surface area contributed by atoms with Gasteiger partial charge in [0.25, 0.3) is 0 Å². The second kappa shape index (κ2) is 9.15. The van der Waals surface area contributed by atoms with Crippen molar-refractivity contribution in [3.63, 3.8) is 0 Å². The summed E-state index contributed by atoms with van der Waals surface area (Å²) in [5, 5.41) is 4.49. The molecule has 3 rings (SSSR count). The van der Waals surface area contributed by atoms with E-state index >= 15 is 0 Å². The van der Waals surface area contributed by atoms with Gasteiger partial charge in [0.15, 0.2) is 5.96 Å². The van der Waals surface area contributed by atoms with E-state index in [2.05, 4.69) is 10.1 Å². The van der Waals surface area contributed by atoms with Gasteiger partial charge in [0.2, 0.25) is 0 Å². The average Bonchev–Trinajstić information content (AvgIpc) is 3.16. The Bertz CT molecular complexity index is 880. The maximum atomic E-state index is 13.0. The fraction of sp³-hybridized carbons (Fsp3) is 0.476. The first kappa shape index (κ1) is 21.6. The number of aromatic nitrogens is 2. The fourth-order valence-electron chi connectivity index (χ4n) is 3.06. The maximum absolute atomic E-state index is 13.0. The largest absolute Gasteiger partial charge is 0.444 e. The number of guanidine groups is 1. The Morgan fingerprint density at radius 3 is 2.40 bits per heavy atom. The van der Waals surface area contributed by atoms with Crippen molar-refractivity contribution in [2.45, 2.75) is 32.8 Å². The normalized spacial score (nSPS) is 15.4. The Morgan fingerprint density at radius 2 is 1.77 bits per heavy atom. The Labute approximate surface area is 176 Å². The van der Waals surface area contributed by atoms with Gasteiger partial charge in [-0.15, -0.1) is 0 Å². The van der Waals surface area contributed by atoms with Crippen LogP contribution < -0.4 is 5.73 Å². The molecule has 2 N–H and O–H groups in total. The summed E-state index contributed by atoms with van der Waals surface area (Å²) in [6, 6.07) is 8.08. The number of rotatable bonds is 4. The van der Waals surface area contributed by atoms with Crippen molar-refractivity contribution in [1.29, 1.82) is 0 Å². The summed E-state index contributed by atoms with van der Waals surface area (Å²) < 4.78 is 20.2. The van der Waals surface area contributed by atoms with E-state index in [9.17, 15) is 9.18 Å². The van der Waals surface area contributed by atoms with E-state index in [4.69, 9.17) is 10.5 Å². The van der Waals surface area contributed by atoms with Gasteiger partial charge in [0, 0.05) is 45.3 Å². The van der Waals surface area contributed by atoms with Crippen LogP contribution in [0.4, 0.5) is 9.18 Å². The number of ether oxygens (including phenoxy) is 1. The molecule has 1 aromatic carbocycles. The highest BCUT2D eigenvalue weighted by Crippen LogP contribution is 2.12. The Morgan fingerprint density at radius 1 is 1.13 bits per heavy atom. The van der Waals surface area contributed by atoms with Crippen LogP contribution in [0.1, 0.15) is 26.5 Å². The molecule has 0 unspecified atom stereocenters. The third-order valence-corrected chi connectivity index (χ3v) is 4.63. The quantitative estimate of drug-likeness (QED) is 0.611. The third-order valence-electron chi connectivity index (χ3n) is 4.63. The molecular formula is C21H29FN6O2. The van der Waals surface area contributed by atoms with Crippen molar-refractivity contribution in [3.05, 3.63) is 48.0 Å². The predicted octanol–water partition coefficient (Wildman–Crippen LogP) is 2.42. The summed E-state index contributed by atoms with van der Waals surface area (Å²) >= 11 is 0. The highest BCUT2D eigenvalue weighted by molar-refractivity contribution is 5.78. The molecule has 1 saturated heterocycles. The number of amides is 1. The molecule has 8 nitrogen and oxygen atoms in total. The molecule has 0 atom stereocenters. The Kier molecular flexibility index (Phi) is 6.59. The van der Waals surface area contributed by atoms with E-state index in [0.29, 0.717) is 45.1 Å². The molecule has 1 aromatic heterocycles. The van der Waals surface area contributed by atoms with E-state index in [1.54, 1.807) is 21.7 Å². The molecule has 0 radical (unpaired) electrons. The van der Waals surface area contributed by atoms with E-state index in [0.717, 1.165) is 11.4 Å². The van der Waals surface area contributed by atoms with E-state index < -0.39 is 5.60 Å². The molecule has 1 aliphatic heterocycles. The summed E-state index contributed by atoms with van der Waals surface area (Å²) in [6.45, 7) is 8.41. The number of carbonyl (C=O) groups is 1. The number of benzene rings is 1. The monoisotopic (exact) mass is 416 g/mol. The van der Waals surface area contributed by atoms with Gasteiger partial charge in [-0.3, -0.25) is 4.99 Å². The van der Waals surface area contributed by atoms with Crippen molar-refractivity contribution in [2.75, 3.05) is 32.7 Å². The first-order valence-electron chi connectivity index (χ1n) is 10.0. The minimum Gasteiger partial charge on any atom is -0.444 e. The molecule has 0 bridgehead atoms. The Balaban J connectivity index is 1.46. The minimum absolute atomic E-state index is 0.275. The zero-order valence-electron chi connectivity index (χ0n) is 17.7. The van der Waals surface area contributed by atoms with Crippen LogP contribution in [0.15, 0.2) is 41.5 Å². The molecule has 1 fully saturated rings. The summed E-state index contributed by atoms with van der Waals surface area (Å²) in [5.74, 6) is 0.194. The highest BCUT2D eigenvalue weighted by atomic mass is 19.1. The summed E-state index contributed by atoms with van der Waals surface area (Å²) in [4.78, 5) is 20.3. The van der Waals surface area contributed by atoms with Crippen molar-refractivity contribution in [2.24, 2.45) is 10.7 Å². The van der Waals surface area contributed by atoms with Crippen LogP contribution in [0.25, 0.3) is 5.69 Å². The molecule has 1 aliphatic rings. The number of hydrogen-bond acceptors (Lipinski definition) is 4. The van der Waals surface area contributed by atoms with Gasteiger partial charge < -0.3 is 20.3 Å². The predicted molar refractivity (Wildman–Crippen MR) is 113 cm³/mol. The smallest absolute Gasteiger partial charge is 0.410 e. The molecule has 30 heavy (non-hydrogen) atoms. The van der Waals surface area contributed by atoms with Gasteiger partial charge in [-0.25, -0.2) is 13.9 Å². The van der Waals surface area contributed by atoms with Crippen LogP contribution in [-0.4, -0.2) is 70.0 Å². The molecule has 0 saturated carbocycles. The van der Waals surface area contributed by atoms with Gasteiger partial charge in [0.05, 0.1) is 11.4 Å². The molecule has 162 valence electrons. The number of nitrogens with zero attached hydrogens (tertiary/aromatic N) is 5. The zero-order valence-corrected chi connectivity index (χ0v) is 17.7. The molecule has 0 aliphatic carbocycles.